The largest absolute Gasteiger partial charge is 0.416 e. The zero-order chi connectivity index (χ0) is 21.0. The lowest BCUT2D eigenvalue weighted by Gasteiger charge is -2.09. The fraction of sp³-hybridized carbons (Fsp3) is 0.316. The van der Waals surface area contributed by atoms with Crippen LogP contribution in [0.2, 0.25) is 0 Å². The van der Waals surface area contributed by atoms with Crippen LogP contribution in [-0.4, -0.2) is 24.7 Å². The number of hydrogen-bond donors (Lipinski definition) is 2. The fourth-order valence-electron chi connectivity index (χ4n) is 2.79. The molecule has 3 aromatic rings. The molecule has 2 heterocycles. The molecule has 0 bridgehead atoms. The zero-order valence-electron chi connectivity index (χ0n) is 16.0. The summed E-state index contributed by atoms with van der Waals surface area (Å²) in [5, 5.41) is 15.1. The van der Waals surface area contributed by atoms with Crippen molar-refractivity contribution in [3.8, 4) is 0 Å². The van der Waals surface area contributed by atoms with Gasteiger partial charge in [-0.2, -0.15) is 23.4 Å². The van der Waals surface area contributed by atoms with Crippen molar-refractivity contribution in [2.24, 2.45) is 0 Å². The van der Waals surface area contributed by atoms with Gasteiger partial charge in [0.05, 0.1) is 29.7 Å². The van der Waals surface area contributed by atoms with Crippen LogP contribution in [0.4, 0.5) is 18.9 Å². The molecule has 0 aliphatic rings. The number of nitrogens with one attached hydrogen (secondary N) is 2. The Bertz CT molecular complexity index is 992. The van der Waals surface area contributed by atoms with Gasteiger partial charge in [-0.15, -0.1) is 0 Å². The summed E-state index contributed by atoms with van der Waals surface area (Å²) in [6, 6.07) is 5.20. The first kappa shape index (κ1) is 20.8. The lowest BCUT2D eigenvalue weighted by Crippen LogP contribution is -2.27. The first-order valence-corrected chi connectivity index (χ1v) is 9.42. The maximum absolute atomic E-state index is 12.8. The van der Waals surface area contributed by atoms with E-state index >= 15 is 0 Å². The highest BCUT2D eigenvalue weighted by Crippen LogP contribution is 2.29. The van der Waals surface area contributed by atoms with Gasteiger partial charge in [-0.1, -0.05) is 12.1 Å². The second kappa shape index (κ2) is 8.64. The van der Waals surface area contributed by atoms with Gasteiger partial charge in [-0.3, -0.25) is 9.36 Å². The van der Waals surface area contributed by atoms with Crippen molar-refractivity contribution in [1.82, 2.24) is 24.9 Å². The summed E-state index contributed by atoms with van der Waals surface area (Å²) in [5.74, 6) is 0. The normalized spacial score (nSPS) is 11.5. The predicted molar refractivity (Wildman–Crippen MR) is 108 cm³/mol. The highest BCUT2D eigenvalue weighted by molar-refractivity contribution is 7.80. The number of benzene rings is 1. The van der Waals surface area contributed by atoms with Gasteiger partial charge in [0.2, 0.25) is 0 Å². The van der Waals surface area contributed by atoms with Gasteiger partial charge in [0.15, 0.2) is 5.11 Å². The molecule has 0 amide bonds. The molecule has 0 saturated heterocycles. The third kappa shape index (κ3) is 5.57. The topological polar surface area (TPSA) is 59.7 Å². The molecule has 10 heteroatoms. The molecule has 2 N–H and O–H groups in total. The van der Waals surface area contributed by atoms with Gasteiger partial charge in [0.25, 0.3) is 0 Å². The minimum absolute atomic E-state index is 0.223. The second-order valence-electron chi connectivity index (χ2n) is 6.53. The minimum Gasteiger partial charge on any atom is -0.358 e. The first-order chi connectivity index (χ1) is 13.7. The number of alkyl halides is 3. The number of thiocarbonyl (C=S) groups is 1. The Kier molecular flexibility index (Phi) is 6.21. The van der Waals surface area contributed by atoms with Crippen LogP contribution in [-0.2, 0) is 25.8 Å². The maximum atomic E-state index is 12.8. The van der Waals surface area contributed by atoms with Crippen LogP contribution < -0.4 is 10.6 Å². The average Bonchev–Trinajstić information content (AvgIpc) is 3.25. The lowest BCUT2D eigenvalue weighted by molar-refractivity contribution is -0.137. The number of hydrogen-bond acceptors (Lipinski definition) is 3. The number of rotatable bonds is 6. The lowest BCUT2D eigenvalue weighted by atomic mass is 10.1. The van der Waals surface area contributed by atoms with Crippen molar-refractivity contribution in [2.75, 3.05) is 5.32 Å². The van der Waals surface area contributed by atoms with E-state index in [-0.39, 0.29) is 6.54 Å². The van der Waals surface area contributed by atoms with Crippen molar-refractivity contribution >= 4 is 23.0 Å². The van der Waals surface area contributed by atoms with Crippen molar-refractivity contribution < 1.29 is 13.2 Å². The van der Waals surface area contributed by atoms with Gasteiger partial charge in [-0.25, -0.2) is 0 Å². The summed E-state index contributed by atoms with van der Waals surface area (Å²) in [5.41, 5.74) is 2.48. The molecule has 0 saturated carbocycles. The van der Waals surface area contributed by atoms with Crippen molar-refractivity contribution in [1.29, 1.82) is 0 Å². The third-order valence-electron chi connectivity index (χ3n) is 4.30. The van der Waals surface area contributed by atoms with Gasteiger partial charge in [0.1, 0.15) is 0 Å². The van der Waals surface area contributed by atoms with Crippen LogP contribution in [0.15, 0.2) is 42.9 Å². The molecule has 6 nitrogen and oxygen atoms in total. The number of aryl methyl sites for hydroxylation is 2. The van der Waals surface area contributed by atoms with E-state index in [1.807, 2.05) is 24.7 Å². The molecular weight excluding hydrogens is 401 g/mol. The molecule has 0 fully saturated rings. The van der Waals surface area contributed by atoms with Crippen LogP contribution >= 0.6 is 12.2 Å². The third-order valence-corrected chi connectivity index (χ3v) is 4.55. The SMILES string of the molecule is CCn1cc(CNC(=S)Nc2cnn(Cc3cccc(C(F)(F)F)c3)c2)c(C)n1. The van der Waals surface area contributed by atoms with E-state index in [1.54, 1.807) is 23.1 Å². The van der Waals surface area contributed by atoms with E-state index in [2.05, 4.69) is 20.8 Å². The van der Waals surface area contributed by atoms with Crippen molar-refractivity contribution in [2.45, 2.75) is 39.7 Å². The Morgan fingerprint density at radius 2 is 2.00 bits per heavy atom. The molecule has 29 heavy (non-hydrogen) atoms. The van der Waals surface area contributed by atoms with Crippen molar-refractivity contribution in [3.05, 3.63) is 65.2 Å². The molecule has 0 unspecified atom stereocenters. The predicted octanol–water partition coefficient (Wildman–Crippen LogP) is 3.96. The van der Waals surface area contributed by atoms with Crippen LogP contribution in [0.3, 0.4) is 0 Å². The molecule has 0 aliphatic carbocycles. The van der Waals surface area contributed by atoms with Gasteiger partial charge in [0, 0.05) is 31.0 Å². The van der Waals surface area contributed by atoms with Gasteiger partial charge in [-0.05, 0) is 43.8 Å². The molecule has 0 aliphatic heterocycles. The number of halogens is 3. The van der Waals surface area contributed by atoms with E-state index in [0.717, 1.165) is 29.9 Å². The molecule has 0 radical (unpaired) electrons. The molecule has 154 valence electrons. The Labute approximate surface area is 171 Å². The fourth-order valence-corrected chi connectivity index (χ4v) is 2.98. The second-order valence-corrected chi connectivity index (χ2v) is 6.94. The molecule has 3 rings (SSSR count). The molecule has 1 aromatic carbocycles. The molecule has 2 aromatic heterocycles. The smallest absolute Gasteiger partial charge is 0.358 e. The van der Waals surface area contributed by atoms with E-state index in [4.69, 9.17) is 12.2 Å². The van der Waals surface area contributed by atoms with E-state index in [1.165, 1.54) is 6.07 Å². The Morgan fingerprint density at radius 3 is 2.69 bits per heavy atom. The summed E-state index contributed by atoms with van der Waals surface area (Å²) >= 11 is 5.30. The quantitative estimate of drug-likeness (QED) is 0.589. The number of nitrogens with zero attached hydrogens (tertiary/aromatic N) is 4. The standard InChI is InChI=1S/C19H21F3N6S/c1-3-27-11-15(13(2)26-27)8-23-18(29)25-17-9-24-28(12-17)10-14-5-4-6-16(7-14)19(20,21)22/h4-7,9,11-12H,3,8,10H2,1-2H3,(H2,23,25,29). The Hall–Kier alpha value is -2.88. The number of anilines is 1. The number of aromatic nitrogens is 4. The Balaban J connectivity index is 1.56. The summed E-state index contributed by atoms with van der Waals surface area (Å²) in [4.78, 5) is 0. The minimum atomic E-state index is -4.36. The van der Waals surface area contributed by atoms with E-state index < -0.39 is 11.7 Å². The zero-order valence-corrected chi connectivity index (χ0v) is 16.8. The van der Waals surface area contributed by atoms with E-state index in [0.29, 0.717) is 22.9 Å². The van der Waals surface area contributed by atoms with Crippen LogP contribution in [0.5, 0.6) is 0 Å². The molecule has 0 atom stereocenters. The Morgan fingerprint density at radius 1 is 1.21 bits per heavy atom. The average molecular weight is 422 g/mol. The highest BCUT2D eigenvalue weighted by atomic mass is 32.1. The van der Waals surface area contributed by atoms with Crippen molar-refractivity contribution in [3.63, 3.8) is 0 Å². The maximum Gasteiger partial charge on any atom is 0.416 e. The summed E-state index contributed by atoms with van der Waals surface area (Å²) in [7, 11) is 0. The van der Waals surface area contributed by atoms with Crippen LogP contribution in [0.25, 0.3) is 0 Å². The van der Waals surface area contributed by atoms with Gasteiger partial charge < -0.3 is 10.6 Å². The molecular formula is C19H21F3N6S. The van der Waals surface area contributed by atoms with E-state index in [9.17, 15) is 13.2 Å². The summed E-state index contributed by atoms with van der Waals surface area (Å²) in [6.45, 7) is 5.52. The van der Waals surface area contributed by atoms with Gasteiger partial charge >= 0.3 is 6.18 Å². The highest BCUT2D eigenvalue weighted by Gasteiger charge is 2.30. The summed E-state index contributed by atoms with van der Waals surface area (Å²) < 4.78 is 41.9. The summed E-state index contributed by atoms with van der Waals surface area (Å²) in [6.07, 6.45) is 0.866. The van der Waals surface area contributed by atoms with Crippen LogP contribution in [0, 0.1) is 6.92 Å². The van der Waals surface area contributed by atoms with Crippen LogP contribution in [0.1, 0.15) is 29.3 Å². The molecule has 0 spiro atoms. The monoisotopic (exact) mass is 422 g/mol. The first-order valence-electron chi connectivity index (χ1n) is 9.01.